The number of nitrogens with zero attached hydrogens (tertiary/aromatic N) is 1. The monoisotopic (exact) mass is 290 g/mol. The molecule has 1 amide bonds. The van der Waals surface area contributed by atoms with E-state index >= 15 is 0 Å². The number of likely N-dealkylation sites (N-methyl/N-ethyl adjacent to an activating group) is 1. The molecule has 3 rings (SSSR count). The summed E-state index contributed by atoms with van der Waals surface area (Å²) in [7, 11) is 1.85. The van der Waals surface area contributed by atoms with Gasteiger partial charge in [0.1, 0.15) is 11.5 Å². The van der Waals surface area contributed by atoms with Gasteiger partial charge >= 0.3 is 0 Å². The summed E-state index contributed by atoms with van der Waals surface area (Å²) in [5.74, 6) is 3.46. The fraction of sp³-hybridized carbons (Fsp3) is 0.706. The molecule has 2 fully saturated rings. The summed E-state index contributed by atoms with van der Waals surface area (Å²) >= 11 is 0. The summed E-state index contributed by atoms with van der Waals surface area (Å²) in [5, 5.41) is 3.37. The van der Waals surface area contributed by atoms with E-state index < -0.39 is 0 Å². The van der Waals surface area contributed by atoms with E-state index in [9.17, 15) is 4.79 Å². The normalized spacial score (nSPS) is 25.2. The highest BCUT2D eigenvalue weighted by molar-refractivity contribution is 5.77. The summed E-state index contributed by atoms with van der Waals surface area (Å²) in [5.41, 5.74) is 0. The van der Waals surface area contributed by atoms with Gasteiger partial charge in [0.25, 0.3) is 0 Å². The summed E-state index contributed by atoms with van der Waals surface area (Å²) in [6.07, 6.45) is 6.22. The molecule has 0 aromatic carbocycles. The first-order valence-corrected chi connectivity index (χ1v) is 8.19. The molecule has 0 spiro atoms. The van der Waals surface area contributed by atoms with Gasteiger partial charge in [-0.1, -0.05) is 19.8 Å². The molecule has 4 heteroatoms. The Labute approximate surface area is 126 Å². The van der Waals surface area contributed by atoms with Crippen molar-refractivity contribution in [3.8, 4) is 0 Å². The number of hydrogen-bond donors (Lipinski definition) is 1. The van der Waals surface area contributed by atoms with Crippen molar-refractivity contribution in [2.45, 2.75) is 57.5 Å². The molecule has 2 atom stereocenters. The van der Waals surface area contributed by atoms with Gasteiger partial charge in [0.15, 0.2) is 0 Å². The lowest BCUT2D eigenvalue weighted by atomic mass is 10.2. The molecule has 21 heavy (non-hydrogen) atoms. The first-order valence-electron chi connectivity index (χ1n) is 8.19. The molecule has 0 saturated heterocycles. The quantitative estimate of drug-likeness (QED) is 0.876. The summed E-state index contributed by atoms with van der Waals surface area (Å²) in [6, 6.07) is 4.61. The maximum atomic E-state index is 12.1. The summed E-state index contributed by atoms with van der Waals surface area (Å²) in [4.78, 5) is 13.9. The van der Waals surface area contributed by atoms with Crippen LogP contribution in [0.4, 0.5) is 0 Å². The summed E-state index contributed by atoms with van der Waals surface area (Å²) < 4.78 is 5.86. The second-order valence-corrected chi connectivity index (χ2v) is 6.74. The predicted octanol–water partition coefficient (Wildman–Crippen LogP) is 2.89. The number of carbonyl (C=O) groups is 1. The Morgan fingerprint density at radius 2 is 2.10 bits per heavy atom. The lowest BCUT2D eigenvalue weighted by Crippen LogP contribution is -2.38. The lowest BCUT2D eigenvalue weighted by Gasteiger charge is -2.18. The van der Waals surface area contributed by atoms with E-state index in [1.165, 1.54) is 32.1 Å². The number of rotatable bonds is 6. The maximum absolute atomic E-state index is 12.1. The molecule has 2 aliphatic rings. The minimum Gasteiger partial charge on any atom is -0.464 e. The number of carbonyl (C=O) groups excluding carboxylic acids is 1. The molecule has 1 aromatic heterocycles. The fourth-order valence-electron chi connectivity index (χ4n) is 3.22. The predicted molar refractivity (Wildman–Crippen MR) is 82.0 cm³/mol. The molecular weight excluding hydrogens is 264 g/mol. The highest BCUT2D eigenvalue weighted by Gasteiger charge is 2.36. The topological polar surface area (TPSA) is 45.5 Å². The fourth-order valence-corrected chi connectivity index (χ4v) is 3.22. The van der Waals surface area contributed by atoms with E-state index in [1.807, 2.05) is 13.1 Å². The highest BCUT2D eigenvalue weighted by Crippen LogP contribution is 2.47. The van der Waals surface area contributed by atoms with E-state index in [0.717, 1.165) is 17.4 Å². The molecule has 0 bridgehead atoms. The minimum absolute atomic E-state index is 0.139. The van der Waals surface area contributed by atoms with Gasteiger partial charge < -0.3 is 14.6 Å². The van der Waals surface area contributed by atoms with Gasteiger partial charge in [-0.15, -0.1) is 0 Å². The average molecular weight is 290 g/mol. The molecule has 2 saturated carbocycles. The molecular formula is C17H26N2O2. The molecule has 4 nitrogen and oxygen atoms in total. The molecule has 2 unspecified atom stereocenters. The third-order valence-electron chi connectivity index (χ3n) is 4.87. The third kappa shape index (κ3) is 3.67. The van der Waals surface area contributed by atoms with Crippen LogP contribution in [0.3, 0.4) is 0 Å². The van der Waals surface area contributed by atoms with E-state index in [-0.39, 0.29) is 5.91 Å². The number of furan rings is 1. The minimum atomic E-state index is 0.139. The van der Waals surface area contributed by atoms with Crippen LogP contribution in [0.25, 0.3) is 0 Å². The average Bonchev–Trinajstić information content (AvgIpc) is 2.89. The SMILES string of the molecule is CC1CC1c1ccc(CN(C)C(=O)CNC2CCCC2)o1. The van der Waals surface area contributed by atoms with Crippen LogP contribution in [-0.4, -0.2) is 30.4 Å². The van der Waals surface area contributed by atoms with Crippen molar-refractivity contribution in [3.05, 3.63) is 23.7 Å². The zero-order chi connectivity index (χ0) is 14.8. The van der Waals surface area contributed by atoms with Gasteiger partial charge in [-0.25, -0.2) is 0 Å². The zero-order valence-electron chi connectivity index (χ0n) is 13.1. The molecule has 0 radical (unpaired) electrons. The maximum Gasteiger partial charge on any atom is 0.236 e. The smallest absolute Gasteiger partial charge is 0.236 e. The lowest BCUT2D eigenvalue weighted by molar-refractivity contribution is -0.129. The Kier molecular flexibility index (Phi) is 4.34. The highest BCUT2D eigenvalue weighted by atomic mass is 16.3. The van der Waals surface area contributed by atoms with Crippen molar-refractivity contribution in [2.24, 2.45) is 5.92 Å². The van der Waals surface area contributed by atoms with Gasteiger partial charge in [-0.2, -0.15) is 0 Å². The Hall–Kier alpha value is -1.29. The number of hydrogen-bond acceptors (Lipinski definition) is 3. The van der Waals surface area contributed by atoms with Crippen molar-refractivity contribution in [1.82, 2.24) is 10.2 Å². The molecule has 116 valence electrons. The Balaban J connectivity index is 1.45. The van der Waals surface area contributed by atoms with E-state index in [0.29, 0.717) is 25.0 Å². The summed E-state index contributed by atoms with van der Waals surface area (Å²) in [6.45, 7) is 3.25. The van der Waals surface area contributed by atoms with Crippen LogP contribution in [0.5, 0.6) is 0 Å². The Bertz CT molecular complexity index is 491. The molecule has 1 heterocycles. The van der Waals surface area contributed by atoms with Crippen LogP contribution >= 0.6 is 0 Å². The molecule has 1 N–H and O–H groups in total. The van der Waals surface area contributed by atoms with Gasteiger partial charge in [-0.05, 0) is 37.3 Å². The van der Waals surface area contributed by atoms with Crippen molar-refractivity contribution in [3.63, 3.8) is 0 Å². The molecule has 1 aromatic rings. The van der Waals surface area contributed by atoms with Crippen molar-refractivity contribution < 1.29 is 9.21 Å². The standard InChI is InChI=1S/C17H26N2O2/c1-12-9-15(12)16-8-7-14(21-16)11-19(2)17(20)10-18-13-5-3-4-6-13/h7-8,12-13,15,18H,3-6,9-11H2,1-2H3. The van der Waals surface area contributed by atoms with Crippen LogP contribution in [0, 0.1) is 5.92 Å². The zero-order valence-corrected chi connectivity index (χ0v) is 13.1. The van der Waals surface area contributed by atoms with Crippen molar-refractivity contribution in [2.75, 3.05) is 13.6 Å². The van der Waals surface area contributed by atoms with E-state index in [4.69, 9.17) is 4.42 Å². The largest absolute Gasteiger partial charge is 0.464 e. The second kappa shape index (κ2) is 6.22. The van der Waals surface area contributed by atoms with E-state index in [1.54, 1.807) is 4.90 Å². The van der Waals surface area contributed by atoms with Crippen LogP contribution in [0.2, 0.25) is 0 Å². The van der Waals surface area contributed by atoms with Crippen LogP contribution in [0.15, 0.2) is 16.5 Å². The van der Waals surface area contributed by atoms with Crippen LogP contribution in [0.1, 0.15) is 56.5 Å². The van der Waals surface area contributed by atoms with Gasteiger partial charge in [0.05, 0.1) is 13.1 Å². The second-order valence-electron chi connectivity index (χ2n) is 6.74. The number of amides is 1. The Morgan fingerprint density at radius 3 is 2.76 bits per heavy atom. The molecule has 2 aliphatic carbocycles. The van der Waals surface area contributed by atoms with Crippen LogP contribution < -0.4 is 5.32 Å². The first-order chi connectivity index (χ1) is 10.1. The van der Waals surface area contributed by atoms with Gasteiger partial charge in [-0.3, -0.25) is 4.79 Å². The first kappa shape index (κ1) is 14.6. The van der Waals surface area contributed by atoms with Crippen molar-refractivity contribution >= 4 is 5.91 Å². The third-order valence-corrected chi connectivity index (χ3v) is 4.87. The van der Waals surface area contributed by atoms with Crippen LogP contribution in [-0.2, 0) is 11.3 Å². The number of nitrogens with one attached hydrogen (secondary N) is 1. The van der Waals surface area contributed by atoms with Gasteiger partial charge in [0, 0.05) is 19.0 Å². The van der Waals surface area contributed by atoms with E-state index in [2.05, 4.69) is 18.3 Å². The Morgan fingerprint density at radius 1 is 1.38 bits per heavy atom. The van der Waals surface area contributed by atoms with Gasteiger partial charge in [0.2, 0.25) is 5.91 Å². The van der Waals surface area contributed by atoms with Crippen molar-refractivity contribution in [1.29, 1.82) is 0 Å². The molecule has 0 aliphatic heterocycles.